The Balaban J connectivity index is 1.80. The molecule has 1 saturated heterocycles. The molecule has 3 unspecified atom stereocenters. The first-order chi connectivity index (χ1) is 10.2. The van der Waals surface area contributed by atoms with Crippen LogP contribution in [0, 0.1) is 0 Å². The van der Waals surface area contributed by atoms with E-state index in [4.69, 9.17) is 10.5 Å². The largest absolute Gasteiger partial charge is 0.497 e. The minimum Gasteiger partial charge on any atom is -0.497 e. The number of benzene rings is 1. The Morgan fingerprint density at radius 3 is 2.86 bits per heavy atom. The van der Waals surface area contributed by atoms with Gasteiger partial charge in [0.05, 0.1) is 7.11 Å². The SMILES string of the molecule is COc1ccc2c(c1)CC(N1C(C)CCCC1CN)CC2. The number of fused-ring (bicyclic) bond motifs is 1. The lowest BCUT2D eigenvalue weighted by atomic mass is 9.84. The summed E-state index contributed by atoms with van der Waals surface area (Å²) in [4.78, 5) is 2.73. The molecule has 1 aliphatic carbocycles. The summed E-state index contributed by atoms with van der Waals surface area (Å²) in [5.41, 5.74) is 9.01. The van der Waals surface area contributed by atoms with Crippen molar-refractivity contribution in [1.82, 2.24) is 4.90 Å². The summed E-state index contributed by atoms with van der Waals surface area (Å²) < 4.78 is 5.39. The van der Waals surface area contributed by atoms with Gasteiger partial charge in [-0.05, 0) is 62.3 Å². The summed E-state index contributed by atoms with van der Waals surface area (Å²) in [6.45, 7) is 3.18. The Labute approximate surface area is 128 Å². The number of rotatable bonds is 3. The quantitative estimate of drug-likeness (QED) is 0.929. The maximum absolute atomic E-state index is 6.04. The molecule has 21 heavy (non-hydrogen) atoms. The van der Waals surface area contributed by atoms with E-state index in [9.17, 15) is 0 Å². The maximum atomic E-state index is 6.04. The topological polar surface area (TPSA) is 38.5 Å². The molecule has 0 spiro atoms. The molecule has 1 aromatic carbocycles. The highest BCUT2D eigenvalue weighted by atomic mass is 16.5. The van der Waals surface area contributed by atoms with Crippen LogP contribution >= 0.6 is 0 Å². The maximum Gasteiger partial charge on any atom is 0.119 e. The summed E-state index contributed by atoms with van der Waals surface area (Å²) in [6, 6.07) is 8.45. The van der Waals surface area contributed by atoms with Crippen molar-refractivity contribution < 1.29 is 4.74 Å². The molecule has 116 valence electrons. The number of piperidine rings is 1. The van der Waals surface area contributed by atoms with E-state index in [1.807, 2.05) is 0 Å². The van der Waals surface area contributed by atoms with Gasteiger partial charge in [0.1, 0.15) is 5.75 Å². The number of nitrogens with two attached hydrogens (primary N) is 1. The van der Waals surface area contributed by atoms with Gasteiger partial charge >= 0.3 is 0 Å². The lowest BCUT2D eigenvalue weighted by Gasteiger charge is -2.46. The van der Waals surface area contributed by atoms with E-state index in [1.54, 1.807) is 7.11 Å². The first-order valence-electron chi connectivity index (χ1n) is 8.36. The lowest BCUT2D eigenvalue weighted by molar-refractivity contribution is 0.0435. The second kappa shape index (κ2) is 6.37. The van der Waals surface area contributed by atoms with Crippen LogP contribution in [-0.4, -0.2) is 36.7 Å². The standard InChI is InChI=1S/C18H28N2O/c1-13-4-3-5-17(12-19)20(13)16-8-6-14-7-9-18(21-2)11-15(14)10-16/h7,9,11,13,16-17H,3-6,8,10,12,19H2,1-2H3. The molecule has 1 aliphatic heterocycles. The molecular weight excluding hydrogens is 260 g/mol. The van der Waals surface area contributed by atoms with Gasteiger partial charge in [0.25, 0.3) is 0 Å². The Morgan fingerprint density at radius 1 is 1.24 bits per heavy atom. The predicted octanol–water partition coefficient (Wildman–Crippen LogP) is 2.75. The number of nitrogens with zero attached hydrogens (tertiary/aromatic N) is 1. The zero-order valence-corrected chi connectivity index (χ0v) is 13.3. The van der Waals surface area contributed by atoms with Crippen molar-refractivity contribution in [2.45, 2.75) is 63.6 Å². The zero-order valence-electron chi connectivity index (χ0n) is 13.3. The van der Waals surface area contributed by atoms with Crippen molar-refractivity contribution in [3.05, 3.63) is 29.3 Å². The first kappa shape index (κ1) is 14.9. The minimum atomic E-state index is 0.575. The van der Waals surface area contributed by atoms with Gasteiger partial charge in [-0.3, -0.25) is 4.90 Å². The summed E-state index contributed by atoms with van der Waals surface area (Å²) in [7, 11) is 1.75. The number of likely N-dealkylation sites (tertiary alicyclic amines) is 1. The molecule has 0 saturated carbocycles. The van der Waals surface area contributed by atoms with Crippen LogP contribution in [0.1, 0.15) is 43.7 Å². The molecule has 0 amide bonds. The monoisotopic (exact) mass is 288 g/mol. The van der Waals surface area contributed by atoms with E-state index in [0.29, 0.717) is 18.1 Å². The highest BCUT2D eigenvalue weighted by Crippen LogP contribution is 2.33. The molecule has 1 aromatic rings. The van der Waals surface area contributed by atoms with Gasteiger partial charge in [0.2, 0.25) is 0 Å². The van der Waals surface area contributed by atoms with Crippen molar-refractivity contribution in [3.63, 3.8) is 0 Å². The van der Waals surface area contributed by atoms with E-state index in [-0.39, 0.29) is 0 Å². The molecule has 2 aliphatic rings. The first-order valence-corrected chi connectivity index (χ1v) is 8.36. The molecule has 3 atom stereocenters. The van der Waals surface area contributed by atoms with Crippen molar-refractivity contribution >= 4 is 0 Å². The fourth-order valence-corrected chi connectivity index (χ4v) is 4.30. The minimum absolute atomic E-state index is 0.575. The molecule has 2 N–H and O–H groups in total. The van der Waals surface area contributed by atoms with Crippen LogP contribution in [0.15, 0.2) is 18.2 Å². The van der Waals surface area contributed by atoms with Crippen molar-refractivity contribution in [2.75, 3.05) is 13.7 Å². The van der Waals surface area contributed by atoms with Gasteiger partial charge in [0, 0.05) is 24.7 Å². The third-order valence-corrected chi connectivity index (χ3v) is 5.40. The van der Waals surface area contributed by atoms with Gasteiger partial charge in [0.15, 0.2) is 0 Å². The third-order valence-electron chi connectivity index (χ3n) is 5.40. The molecule has 0 aromatic heterocycles. The Morgan fingerprint density at radius 2 is 2.10 bits per heavy atom. The molecule has 3 nitrogen and oxygen atoms in total. The van der Waals surface area contributed by atoms with Crippen LogP contribution in [0.5, 0.6) is 5.75 Å². The van der Waals surface area contributed by atoms with E-state index >= 15 is 0 Å². The Hall–Kier alpha value is -1.06. The second-order valence-electron chi connectivity index (χ2n) is 6.65. The van der Waals surface area contributed by atoms with Gasteiger partial charge < -0.3 is 10.5 Å². The van der Waals surface area contributed by atoms with Gasteiger partial charge in [-0.1, -0.05) is 12.5 Å². The molecule has 3 heteroatoms. The number of methoxy groups -OCH3 is 1. The number of hydrogen-bond acceptors (Lipinski definition) is 3. The Kier molecular flexibility index (Phi) is 4.51. The predicted molar refractivity (Wildman–Crippen MR) is 86.8 cm³/mol. The molecular formula is C18H28N2O. The van der Waals surface area contributed by atoms with Crippen LogP contribution in [0.3, 0.4) is 0 Å². The molecule has 3 rings (SSSR count). The van der Waals surface area contributed by atoms with E-state index < -0.39 is 0 Å². The molecule has 0 radical (unpaired) electrons. The molecule has 1 heterocycles. The molecule has 0 bridgehead atoms. The second-order valence-corrected chi connectivity index (χ2v) is 6.65. The average Bonchev–Trinajstić information content (AvgIpc) is 2.53. The van der Waals surface area contributed by atoms with E-state index in [1.165, 1.54) is 43.2 Å². The Bertz CT molecular complexity index is 488. The number of hydrogen-bond donors (Lipinski definition) is 1. The average molecular weight is 288 g/mol. The van der Waals surface area contributed by atoms with E-state index in [0.717, 1.165) is 18.7 Å². The normalized spacial score (nSPS) is 30.0. The van der Waals surface area contributed by atoms with Crippen LogP contribution in [0.2, 0.25) is 0 Å². The van der Waals surface area contributed by atoms with Crippen molar-refractivity contribution in [1.29, 1.82) is 0 Å². The summed E-state index contributed by atoms with van der Waals surface area (Å²) in [5.74, 6) is 0.983. The van der Waals surface area contributed by atoms with Gasteiger partial charge in [-0.2, -0.15) is 0 Å². The highest BCUT2D eigenvalue weighted by Gasteiger charge is 2.34. The third kappa shape index (κ3) is 2.95. The molecule has 1 fully saturated rings. The lowest BCUT2D eigenvalue weighted by Crippen LogP contribution is -2.55. The van der Waals surface area contributed by atoms with Crippen LogP contribution < -0.4 is 10.5 Å². The zero-order chi connectivity index (χ0) is 14.8. The van der Waals surface area contributed by atoms with Crippen LogP contribution in [-0.2, 0) is 12.8 Å². The summed E-state index contributed by atoms with van der Waals surface area (Å²) in [6.07, 6.45) is 7.51. The van der Waals surface area contributed by atoms with Crippen molar-refractivity contribution in [2.24, 2.45) is 5.73 Å². The fourth-order valence-electron chi connectivity index (χ4n) is 4.30. The summed E-state index contributed by atoms with van der Waals surface area (Å²) in [5, 5.41) is 0. The van der Waals surface area contributed by atoms with Gasteiger partial charge in [-0.25, -0.2) is 0 Å². The number of ether oxygens (including phenoxy) is 1. The van der Waals surface area contributed by atoms with E-state index in [2.05, 4.69) is 30.0 Å². The smallest absolute Gasteiger partial charge is 0.119 e. The van der Waals surface area contributed by atoms with Crippen molar-refractivity contribution in [3.8, 4) is 5.75 Å². The fraction of sp³-hybridized carbons (Fsp3) is 0.667. The van der Waals surface area contributed by atoms with Crippen LogP contribution in [0.25, 0.3) is 0 Å². The van der Waals surface area contributed by atoms with Gasteiger partial charge in [-0.15, -0.1) is 0 Å². The number of aryl methyl sites for hydroxylation is 1. The highest BCUT2D eigenvalue weighted by molar-refractivity contribution is 5.38. The van der Waals surface area contributed by atoms with Crippen LogP contribution in [0.4, 0.5) is 0 Å². The summed E-state index contributed by atoms with van der Waals surface area (Å²) >= 11 is 0.